The predicted molar refractivity (Wildman–Crippen MR) is 73.9 cm³/mol. The molecule has 0 unspecified atom stereocenters. The molecule has 1 aromatic rings. The topological polar surface area (TPSA) is 51.7 Å². The summed E-state index contributed by atoms with van der Waals surface area (Å²) in [6.07, 6.45) is 5.16. The van der Waals surface area contributed by atoms with Crippen molar-refractivity contribution < 1.29 is 14.3 Å². The van der Waals surface area contributed by atoms with E-state index in [1.807, 2.05) is 4.90 Å². The van der Waals surface area contributed by atoms with Crippen LogP contribution >= 0.6 is 11.6 Å². The second-order valence-corrected chi connectivity index (χ2v) is 5.46. The maximum absolute atomic E-state index is 12.7. The molecule has 0 saturated carbocycles. The van der Waals surface area contributed by atoms with Crippen LogP contribution in [0.25, 0.3) is 0 Å². The monoisotopic (exact) mass is 296 g/mol. The van der Waals surface area contributed by atoms with Crippen molar-refractivity contribution in [2.75, 3.05) is 26.4 Å². The zero-order valence-corrected chi connectivity index (χ0v) is 11.9. The Balaban J connectivity index is 1.82. The van der Waals surface area contributed by atoms with Gasteiger partial charge in [-0.2, -0.15) is 0 Å². The number of halogens is 1. The fraction of sp³-hybridized carbons (Fsp3) is 0.571. The van der Waals surface area contributed by atoms with Gasteiger partial charge in [0, 0.05) is 25.5 Å². The Morgan fingerprint density at radius 2 is 2.35 bits per heavy atom. The molecule has 2 saturated heterocycles. The molecule has 2 atom stereocenters. The normalized spacial score (nSPS) is 26.8. The number of ether oxygens (including phenoxy) is 2. The quantitative estimate of drug-likeness (QED) is 0.834. The summed E-state index contributed by atoms with van der Waals surface area (Å²) in [6, 6.07) is 1.63. The molecule has 108 valence electrons. The summed E-state index contributed by atoms with van der Waals surface area (Å²) in [7, 11) is 0. The number of hydrogen-bond donors (Lipinski definition) is 0. The van der Waals surface area contributed by atoms with Gasteiger partial charge in [-0.1, -0.05) is 11.6 Å². The first-order valence-corrected chi connectivity index (χ1v) is 7.25. The lowest BCUT2D eigenvalue weighted by Crippen LogP contribution is -2.54. The highest BCUT2D eigenvalue weighted by Crippen LogP contribution is 2.25. The number of nitrogens with zero attached hydrogens (tertiary/aromatic N) is 2. The number of carbonyl (C=O) groups excluding carboxylic acids is 1. The molecule has 2 aliphatic heterocycles. The zero-order valence-electron chi connectivity index (χ0n) is 11.1. The summed E-state index contributed by atoms with van der Waals surface area (Å²) >= 11 is 6.07. The van der Waals surface area contributed by atoms with Crippen molar-refractivity contribution in [3.8, 4) is 0 Å². The second-order valence-electron chi connectivity index (χ2n) is 5.05. The summed E-state index contributed by atoms with van der Waals surface area (Å²) in [5.41, 5.74) is 0.492. The molecule has 1 amide bonds. The van der Waals surface area contributed by atoms with E-state index in [-0.39, 0.29) is 18.1 Å². The Hall–Kier alpha value is -1.17. The van der Waals surface area contributed by atoms with Crippen molar-refractivity contribution in [2.45, 2.75) is 25.0 Å². The standard InChI is InChI=1S/C14H17ClN2O3/c15-11-8-16-4-3-10(11)14(18)17-5-7-19-9-12(17)13-2-1-6-20-13/h3-4,8,12-13H,1-2,5-7,9H2/t12-,13-/m1/s1. The lowest BCUT2D eigenvalue weighted by molar-refractivity contribution is -0.0530. The van der Waals surface area contributed by atoms with Crippen molar-refractivity contribution >= 4 is 17.5 Å². The van der Waals surface area contributed by atoms with Crippen LogP contribution in [0, 0.1) is 0 Å². The van der Waals surface area contributed by atoms with E-state index < -0.39 is 0 Å². The third-order valence-corrected chi connectivity index (χ3v) is 4.12. The molecule has 2 aliphatic rings. The SMILES string of the molecule is O=C(c1ccncc1Cl)N1CCOC[C@@H]1[C@H]1CCCO1. The summed E-state index contributed by atoms with van der Waals surface area (Å²) in [5.74, 6) is -0.0683. The molecule has 1 aromatic heterocycles. The Bertz CT molecular complexity index is 491. The third kappa shape index (κ3) is 2.66. The van der Waals surface area contributed by atoms with Crippen LogP contribution < -0.4 is 0 Å². The summed E-state index contributed by atoms with van der Waals surface area (Å²) in [5, 5.41) is 0.384. The van der Waals surface area contributed by atoms with Gasteiger partial charge < -0.3 is 14.4 Å². The van der Waals surface area contributed by atoms with E-state index in [4.69, 9.17) is 21.1 Å². The molecule has 3 heterocycles. The van der Waals surface area contributed by atoms with Gasteiger partial charge in [-0.15, -0.1) is 0 Å². The molecule has 5 nitrogen and oxygen atoms in total. The number of aromatic nitrogens is 1. The minimum atomic E-state index is -0.0683. The highest BCUT2D eigenvalue weighted by atomic mass is 35.5. The fourth-order valence-corrected chi connectivity index (χ4v) is 2.99. The van der Waals surface area contributed by atoms with Crippen LogP contribution in [0.1, 0.15) is 23.2 Å². The Kier molecular flexibility index (Phi) is 4.19. The second kappa shape index (κ2) is 6.08. The van der Waals surface area contributed by atoms with Crippen LogP contribution in [0.3, 0.4) is 0 Å². The molecule has 0 aliphatic carbocycles. The Labute approximate surface area is 122 Å². The van der Waals surface area contributed by atoms with Gasteiger partial charge in [0.15, 0.2) is 0 Å². The number of carbonyl (C=O) groups is 1. The van der Waals surface area contributed by atoms with E-state index in [1.165, 1.54) is 6.20 Å². The fourth-order valence-electron chi connectivity index (χ4n) is 2.79. The Morgan fingerprint density at radius 1 is 1.45 bits per heavy atom. The van der Waals surface area contributed by atoms with E-state index in [9.17, 15) is 4.79 Å². The van der Waals surface area contributed by atoms with Crippen LogP contribution in [0.15, 0.2) is 18.5 Å². The van der Waals surface area contributed by atoms with Gasteiger partial charge in [0.25, 0.3) is 5.91 Å². The average molecular weight is 297 g/mol. The molecule has 0 N–H and O–H groups in total. The van der Waals surface area contributed by atoms with Crippen LogP contribution in [-0.2, 0) is 9.47 Å². The molecule has 0 bridgehead atoms. The molecule has 20 heavy (non-hydrogen) atoms. The van der Waals surface area contributed by atoms with Gasteiger partial charge in [-0.05, 0) is 18.9 Å². The molecular formula is C14H17ClN2O3. The molecule has 0 radical (unpaired) electrons. The lowest BCUT2D eigenvalue weighted by atomic mass is 10.0. The van der Waals surface area contributed by atoms with Gasteiger partial charge in [-0.3, -0.25) is 9.78 Å². The predicted octanol–water partition coefficient (Wildman–Crippen LogP) is 1.75. The highest BCUT2D eigenvalue weighted by molar-refractivity contribution is 6.33. The minimum absolute atomic E-state index is 0.0250. The molecular weight excluding hydrogens is 280 g/mol. The van der Waals surface area contributed by atoms with E-state index in [0.29, 0.717) is 30.3 Å². The summed E-state index contributed by atoms with van der Waals surface area (Å²) in [4.78, 5) is 18.4. The van der Waals surface area contributed by atoms with Crippen LogP contribution in [0.2, 0.25) is 5.02 Å². The van der Waals surface area contributed by atoms with Gasteiger partial charge in [0.1, 0.15) is 0 Å². The largest absolute Gasteiger partial charge is 0.377 e. The van der Waals surface area contributed by atoms with Crippen molar-refractivity contribution in [3.05, 3.63) is 29.0 Å². The maximum atomic E-state index is 12.7. The average Bonchev–Trinajstić information content (AvgIpc) is 3.01. The summed E-state index contributed by atoms with van der Waals surface area (Å²) in [6.45, 7) is 2.41. The van der Waals surface area contributed by atoms with Gasteiger partial charge in [0.05, 0.1) is 35.9 Å². The first kappa shape index (κ1) is 13.8. The lowest BCUT2D eigenvalue weighted by Gasteiger charge is -2.38. The number of hydrogen-bond acceptors (Lipinski definition) is 4. The molecule has 3 rings (SSSR count). The first-order chi connectivity index (χ1) is 9.77. The molecule has 0 aromatic carbocycles. The van der Waals surface area contributed by atoms with Crippen molar-refractivity contribution in [3.63, 3.8) is 0 Å². The van der Waals surface area contributed by atoms with Gasteiger partial charge in [0.2, 0.25) is 0 Å². The number of pyridine rings is 1. The van der Waals surface area contributed by atoms with Gasteiger partial charge >= 0.3 is 0 Å². The first-order valence-electron chi connectivity index (χ1n) is 6.87. The van der Waals surface area contributed by atoms with Crippen LogP contribution in [0.5, 0.6) is 0 Å². The minimum Gasteiger partial charge on any atom is -0.377 e. The van der Waals surface area contributed by atoms with E-state index in [0.717, 1.165) is 19.4 Å². The molecule has 2 fully saturated rings. The number of amides is 1. The van der Waals surface area contributed by atoms with Crippen molar-refractivity contribution in [1.82, 2.24) is 9.88 Å². The number of rotatable bonds is 2. The van der Waals surface area contributed by atoms with E-state index in [2.05, 4.69) is 4.98 Å². The van der Waals surface area contributed by atoms with Crippen LogP contribution in [-0.4, -0.2) is 54.3 Å². The van der Waals surface area contributed by atoms with Crippen molar-refractivity contribution in [2.24, 2.45) is 0 Å². The zero-order chi connectivity index (χ0) is 13.9. The van der Waals surface area contributed by atoms with Crippen LogP contribution in [0.4, 0.5) is 0 Å². The van der Waals surface area contributed by atoms with E-state index in [1.54, 1.807) is 12.3 Å². The van der Waals surface area contributed by atoms with Crippen molar-refractivity contribution in [1.29, 1.82) is 0 Å². The third-order valence-electron chi connectivity index (χ3n) is 3.82. The number of morpholine rings is 1. The smallest absolute Gasteiger partial charge is 0.255 e. The molecule has 6 heteroatoms. The Morgan fingerprint density at radius 3 is 3.10 bits per heavy atom. The maximum Gasteiger partial charge on any atom is 0.255 e. The van der Waals surface area contributed by atoms with Gasteiger partial charge in [-0.25, -0.2) is 0 Å². The molecule has 0 spiro atoms. The van der Waals surface area contributed by atoms with E-state index >= 15 is 0 Å². The summed E-state index contributed by atoms with van der Waals surface area (Å²) < 4.78 is 11.2. The highest BCUT2D eigenvalue weighted by Gasteiger charge is 2.36.